The standard InChI is InChI=1S/C17H35NO2/c1-4-5-6-7-8-9-10-11-16(18-2)17(19-3)12-14-20-15-13-17/h16,18H,4-15H2,1-3H3. The lowest BCUT2D eigenvalue weighted by Gasteiger charge is -2.42. The summed E-state index contributed by atoms with van der Waals surface area (Å²) < 4.78 is 11.4. The van der Waals surface area contributed by atoms with Crippen molar-refractivity contribution < 1.29 is 9.47 Å². The molecule has 0 bridgehead atoms. The first-order chi connectivity index (χ1) is 9.79. The second kappa shape index (κ2) is 10.6. The van der Waals surface area contributed by atoms with E-state index in [1.807, 2.05) is 7.11 Å². The van der Waals surface area contributed by atoms with Crippen LogP contribution in [0.4, 0.5) is 0 Å². The van der Waals surface area contributed by atoms with Crippen LogP contribution in [0.1, 0.15) is 71.1 Å². The van der Waals surface area contributed by atoms with Crippen LogP contribution >= 0.6 is 0 Å². The fourth-order valence-corrected chi connectivity index (χ4v) is 3.39. The van der Waals surface area contributed by atoms with E-state index in [2.05, 4.69) is 19.3 Å². The molecule has 1 saturated heterocycles. The van der Waals surface area contributed by atoms with Crippen molar-refractivity contribution in [2.75, 3.05) is 27.4 Å². The molecule has 0 radical (unpaired) electrons. The molecule has 1 unspecified atom stereocenters. The van der Waals surface area contributed by atoms with Gasteiger partial charge < -0.3 is 14.8 Å². The predicted octanol–water partition coefficient (Wildman–Crippen LogP) is 3.91. The summed E-state index contributed by atoms with van der Waals surface area (Å²) in [7, 11) is 3.93. The number of rotatable bonds is 11. The number of methoxy groups -OCH3 is 1. The maximum atomic E-state index is 5.90. The molecular formula is C17H35NO2. The van der Waals surface area contributed by atoms with Crippen LogP contribution in [0.2, 0.25) is 0 Å². The number of ether oxygens (including phenoxy) is 2. The van der Waals surface area contributed by atoms with E-state index in [1.54, 1.807) is 0 Å². The Morgan fingerprint density at radius 1 is 1.05 bits per heavy atom. The van der Waals surface area contributed by atoms with Crippen LogP contribution in [0.3, 0.4) is 0 Å². The summed E-state index contributed by atoms with van der Waals surface area (Å²) in [5.41, 5.74) is -0.00475. The van der Waals surface area contributed by atoms with Gasteiger partial charge in [-0.2, -0.15) is 0 Å². The molecule has 1 fully saturated rings. The molecule has 1 aliphatic heterocycles. The van der Waals surface area contributed by atoms with Gasteiger partial charge in [0.1, 0.15) is 0 Å². The quantitative estimate of drug-likeness (QED) is 0.584. The van der Waals surface area contributed by atoms with Crippen molar-refractivity contribution in [3.8, 4) is 0 Å². The lowest BCUT2D eigenvalue weighted by Crippen LogP contribution is -2.54. The molecule has 0 saturated carbocycles. The maximum absolute atomic E-state index is 5.90. The molecule has 120 valence electrons. The summed E-state index contributed by atoms with van der Waals surface area (Å²) in [6, 6.07) is 0.465. The van der Waals surface area contributed by atoms with Crippen molar-refractivity contribution in [1.82, 2.24) is 5.32 Å². The molecule has 0 aromatic heterocycles. The third kappa shape index (κ3) is 5.71. The van der Waals surface area contributed by atoms with E-state index in [-0.39, 0.29) is 5.60 Å². The summed E-state index contributed by atoms with van der Waals surface area (Å²) in [4.78, 5) is 0. The van der Waals surface area contributed by atoms with E-state index in [0.717, 1.165) is 26.1 Å². The smallest absolute Gasteiger partial charge is 0.0874 e. The van der Waals surface area contributed by atoms with Gasteiger partial charge in [-0.25, -0.2) is 0 Å². The van der Waals surface area contributed by atoms with E-state index >= 15 is 0 Å². The average molecular weight is 285 g/mol. The number of likely N-dealkylation sites (N-methyl/N-ethyl adjacent to an activating group) is 1. The normalized spacial score (nSPS) is 19.9. The molecule has 20 heavy (non-hydrogen) atoms. The molecule has 1 rings (SSSR count). The zero-order valence-electron chi connectivity index (χ0n) is 13.9. The van der Waals surface area contributed by atoms with Gasteiger partial charge in [0.05, 0.1) is 5.60 Å². The molecule has 0 amide bonds. The van der Waals surface area contributed by atoms with Gasteiger partial charge in [-0.15, -0.1) is 0 Å². The summed E-state index contributed by atoms with van der Waals surface area (Å²) in [5.74, 6) is 0. The topological polar surface area (TPSA) is 30.5 Å². The zero-order valence-corrected chi connectivity index (χ0v) is 13.9. The first kappa shape index (κ1) is 17.9. The predicted molar refractivity (Wildman–Crippen MR) is 85.3 cm³/mol. The Morgan fingerprint density at radius 3 is 2.20 bits per heavy atom. The molecule has 1 N–H and O–H groups in total. The van der Waals surface area contributed by atoms with E-state index in [9.17, 15) is 0 Å². The summed E-state index contributed by atoms with van der Waals surface area (Å²) >= 11 is 0. The van der Waals surface area contributed by atoms with Crippen LogP contribution in [0.15, 0.2) is 0 Å². The first-order valence-corrected chi connectivity index (χ1v) is 8.59. The molecule has 0 aromatic carbocycles. The minimum absolute atomic E-state index is 0.00475. The van der Waals surface area contributed by atoms with Gasteiger partial charge in [-0.1, -0.05) is 51.9 Å². The Labute approximate surface area is 125 Å². The van der Waals surface area contributed by atoms with Gasteiger partial charge in [0, 0.05) is 39.2 Å². The highest BCUT2D eigenvalue weighted by atomic mass is 16.5. The molecule has 0 spiro atoms. The third-order valence-electron chi connectivity index (χ3n) is 4.83. The van der Waals surface area contributed by atoms with Crippen LogP contribution in [-0.4, -0.2) is 39.0 Å². The Hall–Kier alpha value is -0.120. The lowest BCUT2D eigenvalue weighted by molar-refractivity contribution is -0.110. The second-order valence-corrected chi connectivity index (χ2v) is 6.13. The monoisotopic (exact) mass is 285 g/mol. The van der Waals surface area contributed by atoms with Crippen molar-refractivity contribution in [2.24, 2.45) is 0 Å². The first-order valence-electron chi connectivity index (χ1n) is 8.59. The maximum Gasteiger partial charge on any atom is 0.0874 e. The van der Waals surface area contributed by atoms with Crippen LogP contribution in [-0.2, 0) is 9.47 Å². The number of unbranched alkanes of at least 4 members (excludes halogenated alkanes) is 6. The van der Waals surface area contributed by atoms with Crippen LogP contribution in [0.5, 0.6) is 0 Å². The minimum Gasteiger partial charge on any atom is -0.381 e. The Morgan fingerprint density at radius 2 is 1.65 bits per heavy atom. The number of hydrogen-bond acceptors (Lipinski definition) is 3. The molecular weight excluding hydrogens is 250 g/mol. The van der Waals surface area contributed by atoms with Crippen molar-refractivity contribution in [3.05, 3.63) is 0 Å². The lowest BCUT2D eigenvalue weighted by atomic mass is 9.83. The molecule has 0 aromatic rings. The van der Waals surface area contributed by atoms with Crippen LogP contribution in [0.25, 0.3) is 0 Å². The molecule has 1 atom stereocenters. The largest absolute Gasteiger partial charge is 0.381 e. The Kier molecular flexibility index (Phi) is 9.49. The van der Waals surface area contributed by atoms with Gasteiger partial charge in [-0.3, -0.25) is 0 Å². The van der Waals surface area contributed by atoms with Crippen molar-refractivity contribution in [2.45, 2.75) is 82.8 Å². The van der Waals surface area contributed by atoms with Gasteiger partial charge >= 0.3 is 0 Å². The van der Waals surface area contributed by atoms with Gasteiger partial charge in [-0.05, 0) is 13.5 Å². The van der Waals surface area contributed by atoms with Crippen molar-refractivity contribution in [1.29, 1.82) is 0 Å². The highest BCUT2D eigenvalue weighted by Crippen LogP contribution is 2.30. The zero-order chi connectivity index (χ0) is 14.7. The second-order valence-electron chi connectivity index (χ2n) is 6.13. The van der Waals surface area contributed by atoms with Gasteiger partial charge in [0.2, 0.25) is 0 Å². The summed E-state index contributed by atoms with van der Waals surface area (Å²) in [6.07, 6.45) is 12.9. The summed E-state index contributed by atoms with van der Waals surface area (Å²) in [5, 5.41) is 3.49. The molecule has 0 aliphatic carbocycles. The van der Waals surface area contributed by atoms with E-state index < -0.39 is 0 Å². The van der Waals surface area contributed by atoms with Gasteiger partial charge in [0.15, 0.2) is 0 Å². The highest BCUT2D eigenvalue weighted by molar-refractivity contribution is 4.94. The molecule has 1 heterocycles. The molecule has 1 aliphatic rings. The highest BCUT2D eigenvalue weighted by Gasteiger charge is 2.39. The third-order valence-corrected chi connectivity index (χ3v) is 4.83. The minimum atomic E-state index is -0.00475. The molecule has 3 nitrogen and oxygen atoms in total. The van der Waals surface area contributed by atoms with Crippen molar-refractivity contribution >= 4 is 0 Å². The Bertz CT molecular complexity index is 227. The van der Waals surface area contributed by atoms with E-state index in [0.29, 0.717) is 6.04 Å². The van der Waals surface area contributed by atoms with Crippen LogP contribution < -0.4 is 5.32 Å². The Balaban J connectivity index is 2.24. The SMILES string of the molecule is CCCCCCCCCC(NC)C1(OC)CCOCC1. The van der Waals surface area contributed by atoms with Crippen molar-refractivity contribution in [3.63, 3.8) is 0 Å². The number of hydrogen-bond donors (Lipinski definition) is 1. The fourth-order valence-electron chi connectivity index (χ4n) is 3.39. The fraction of sp³-hybridized carbons (Fsp3) is 1.00. The van der Waals surface area contributed by atoms with E-state index in [1.165, 1.54) is 51.4 Å². The van der Waals surface area contributed by atoms with E-state index in [4.69, 9.17) is 9.47 Å². The van der Waals surface area contributed by atoms with Crippen LogP contribution in [0, 0.1) is 0 Å². The van der Waals surface area contributed by atoms with Gasteiger partial charge in [0.25, 0.3) is 0 Å². The molecule has 3 heteroatoms. The average Bonchev–Trinajstić information content (AvgIpc) is 2.51. The number of nitrogens with one attached hydrogen (secondary N) is 1. The summed E-state index contributed by atoms with van der Waals surface area (Å²) in [6.45, 7) is 3.95.